The van der Waals surface area contributed by atoms with Gasteiger partial charge in [0.2, 0.25) is 0 Å². The molecule has 0 N–H and O–H groups in total. The second-order valence-electron chi connectivity index (χ2n) is 5.91. The summed E-state index contributed by atoms with van der Waals surface area (Å²) >= 11 is 12.3. The van der Waals surface area contributed by atoms with Gasteiger partial charge in [0.1, 0.15) is 0 Å². The molecule has 0 heterocycles. The van der Waals surface area contributed by atoms with Gasteiger partial charge in [0.05, 0.1) is 10.0 Å². The summed E-state index contributed by atoms with van der Waals surface area (Å²) in [6, 6.07) is 6.77. The summed E-state index contributed by atoms with van der Waals surface area (Å²) in [4.78, 5) is 2.38. The fraction of sp³-hybridized carbons (Fsp3) is 0.625. The standard InChI is InChI=1S/C16H23Cl2N/c1-4-6-15(19(2)3)16(9-5-10-16)12-7-8-13(17)14(18)11-12/h7-8,11,15H,4-6,9-10H2,1-3H3. The fourth-order valence-corrected chi connectivity index (χ4v) is 3.78. The van der Waals surface area contributed by atoms with E-state index in [1.54, 1.807) is 0 Å². The smallest absolute Gasteiger partial charge is 0.0595 e. The molecule has 1 unspecified atom stereocenters. The summed E-state index contributed by atoms with van der Waals surface area (Å²) in [5.74, 6) is 0. The summed E-state index contributed by atoms with van der Waals surface area (Å²) in [7, 11) is 4.38. The van der Waals surface area contributed by atoms with E-state index >= 15 is 0 Å². The maximum atomic E-state index is 6.22. The third kappa shape index (κ3) is 2.79. The normalized spacial score (nSPS) is 19.3. The molecule has 1 atom stereocenters. The van der Waals surface area contributed by atoms with Crippen molar-refractivity contribution in [2.75, 3.05) is 14.1 Å². The number of halogens is 2. The van der Waals surface area contributed by atoms with Crippen LogP contribution in [0.3, 0.4) is 0 Å². The SMILES string of the molecule is CCCC(N(C)C)C1(c2ccc(Cl)c(Cl)c2)CCC1. The molecule has 2 rings (SSSR count). The lowest BCUT2D eigenvalue weighted by Gasteiger charge is -2.51. The minimum absolute atomic E-state index is 0.272. The first-order valence-electron chi connectivity index (χ1n) is 7.13. The second-order valence-corrected chi connectivity index (χ2v) is 6.72. The minimum atomic E-state index is 0.272. The summed E-state index contributed by atoms with van der Waals surface area (Å²) < 4.78 is 0. The van der Waals surface area contributed by atoms with Gasteiger partial charge in [-0.2, -0.15) is 0 Å². The molecule has 1 aromatic carbocycles. The number of hydrogen-bond acceptors (Lipinski definition) is 1. The Balaban J connectivity index is 2.37. The average molecular weight is 300 g/mol. The molecule has 0 aromatic heterocycles. The van der Waals surface area contributed by atoms with Crippen molar-refractivity contribution in [3.63, 3.8) is 0 Å². The van der Waals surface area contributed by atoms with Gasteiger partial charge in [0.25, 0.3) is 0 Å². The lowest BCUT2D eigenvalue weighted by atomic mass is 9.59. The van der Waals surface area contributed by atoms with Gasteiger partial charge in [0.15, 0.2) is 0 Å². The molecular formula is C16H23Cl2N. The maximum absolute atomic E-state index is 6.22. The first-order valence-corrected chi connectivity index (χ1v) is 7.89. The van der Waals surface area contributed by atoms with Crippen LogP contribution in [0.25, 0.3) is 0 Å². The Labute approximate surface area is 126 Å². The predicted octanol–water partition coefficient (Wildman–Crippen LogP) is 5.15. The first kappa shape index (κ1) is 15.2. The summed E-state index contributed by atoms with van der Waals surface area (Å²) in [6.07, 6.45) is 6.27. The summed E-state index contributed by atoms with van der Waals surface area (Å²) in [5, 5.41) is 1.33. The average Bonchev–Trinajstić information content (AvgIpc) is 2.31. The van der Waals surface area contributed by atoms with E-state index in [1.165, 1.54) is 37.7 Å². The van der Waals surface area contributed by atoms with Gasteiger partial charge in [-0.25, -0.2) is 0 Å². The zero-order valence-electron chi connectivity index (χ0n) is 12.0. The quantitative estimate of drug-likeness (QED) is 0.727. The number of rotatable bonds is 5. The Morgan fingerprint density at radius 1 is 1.21 bits per heavy atom. The van der Waals surface area contributed by atoms with Crippen molar-refractivity contribution in [2.45, 2.75) is 50.5 Å². The van der Waals surface area contributed by atoms with Crippen LogP contribution in [-0.4, -0.2) is 25.0 Å². The monoisotopic (exact) mass is 299 g/mol. The molecule has 0 saturated heterocycles. The van der Waals surface area contributed by atoms with E-state index in [0.29, 0.717) is 16.1 Å². The van der Waals surface area contributed by atoms with Gasteiger partial charge in [-0.05, 0) is 51.1 Å². The molecule has 19 heavy (non-hydrogen) atoms. The molecular weight excluding hydrogens is 277 g/mol. The highest BCUT2D eigenvalue weighted by Crippen LogP contribution is 2.49. The Kier molecular flexibility index (Phi) is 4.81. The molecule has 0 bridgehead atoms. The van der Waals surface area contributed by atoms with Gasteiger partial charge in [-0.3, -0.25) is 0 Å². The molecule has 1 nitrogen and oxygen atoms in total. The zero-order chi connectivity index (χ0) is 14.0. The van der Waals surface area contributed by atoms with E-state index in [4.69, 9.17) is 23.2 Å². The number of benzene rings is 1. The highest BCUT2D eigenvalue weighted by molar-refractivity contribution is 6.42. The zero-order valence-corrected chi connectivity index (χ0v) is 13.6. The number of likely N-dealkylation sites (N-methyl/N-ethyl adjacent to an activating group) is 1. The Bertz CT molecular complexity index is 438. The lowest BCUT2D eigenvalue weighted by Crippen LogP contribution is -2.52. The topological polar surface area (TPSA) is 3.24 Å². The molecule has 3 heteroatoms. The maximum Gasteiger partial charge on any atom is 0.0595 e. The minimum Gasteiger partial charge on any atom is -0.306 e. The lowest BCUT2D eigenvalue weighted by molar-refractivity contribution is 0.0895. The van der Waals surface area contributed by atoms with Gasteiger partial charge in [-0.15, -0.1) is 0 Å². The van der Waals surface area contributed by atoms with E-state index in [-0.39, 0.29) is 5.41 Å². The van der Waals surface area contributed by atoms with Gasteiger partial charge >= 0.3 is 0 Å². The Hall–Kier alpha value is -0.240. The van der Waals surface area contributed by atoms with Crippen molar-refractivity contribution >= 4 is 23.2 Å². The first-order chi connectivity index (χ1) is 9.01. The second kappa shape index (κ2) is 6.03. The molecule has 0 spiro atoms. The molecule has 1 fully saturated rings. The van der Waals surface area contributed by atoms with Crippen molar-refractivity contribution in [1.29, 1.82) is 0 Å². The van der Waals surface area contributed by atoms with Crippen LogP contribution in [-0.2, 0) is 5.41 Å². The number of hydrogen-bond donors (Lipinski definition) is 0. The van der Waals surface area contributed by atoms with Crippen LogP contribution < -0.4 is 0 Å². The van der Waals surface area contributed by atoms with Crippen LogP contribution in [0.5, 0.6) is 0 Å². The van der Waals surface area contributed by atoms with Crippen LogP contribution in [0.15, 0.2) is 18.2 Å². The van der Waals surface area contributed by atoms with Gasteiger partial charge in [-0.1, -0.05) is 49.0 Å². The highest BCUT2D eigenvalue weighted by Gasteiger charge is 2.45. The third-order valence-corrected chi connectivity index (χ3v) is 5.30. The van der Waals surface area contributed by atoms with E-state index in [0.717, 1.165) is 0 Å². The van der Waals surface area contributed by atoms with Crippen LogP contribution >= 0.6 is 23.2 Å². The molecule has 1 saturated carbocycles. The van der Waals surface area contributed by atoms with Crippen LogP contribution in [0.4, 0.5) is 0 Å². The molecule has 0 amide bonds. The molecule has 0 radical (unpaired) electrons. The van der Waals surface area contributed by atoms with E-state index in [2.05, 4.69) is 38.1 Å². The molecule has 1 aliphatic carbocycles. The third-order valence-electron chi connectivity index (χ3n) is 4.56. The Morgan fingerprint density at radius 2 is 1.89 bits per heavy atom. The summed E-state index contributed by atoms with van der Waals surface area (Å²) in [6.45, 7) is 2.26. The molecule has 106 valence electrons. The van der Waals surface area contributed by atoms with E-state index in [1.807, 2.05) is 6.07 Å². The van der Waals surface area contributed by atoms with Gasteiger partial charge < -0.3 is 4.90 Å². The molecule has 0 aliphatic heterocycles. The summed E-state index contributed by atoms with van der Waals surface area (Å²) in [5.41, 5.74) is 1.63. The largest absolute Gasteiger partial charge is 0.306 e. The van der Waals surface area contributed by atoms with E-state index < -0.39 is 0 Å². The van der Waals surface area contributed by atoms with Crippen molar-refractivity contribution in [3.05, 3.63) is 33.8 Å². The van der Waals surface area contributed by atoms with Crippen molar-refractivity contribution < 1.29 is 0 Å². The fourth-order valence-electron chi connectivity index (χ4n) is 3.48. The number of nitrogens with zero attached hydrogens (tertiary/aromatic N) is 1. The Morgan fingerprint density at radius 3 is 2.32 bits per heavy atom. The highest BCUT2D eigenvalue weighted by atomic mass is 35.5. The van der Waals surface area contributed by atoms with Crippen LogP contribution in [0, 0.1) is 0 Å². The van der Waals surface area contributed by atoms with E-state index in [9.17, 15) is 0 Å². The van der Waals surface area contributed by atoms with Crippen LogP contribution in [0.2, 0.25) is 10.0 Å². The predicted molar refractivity (Wildman–Crippen MR) is 84.4 cm³/mol. The van der Waals surface area contributed by atoms with Crippen molar-refractivity contribution in [2.24, 2.45) is 0 Å². The van der Waals surface area contributed by atoms with Crippen molar-refractivity contribution in [1.82, 2.24) is 4.90 Å². The molecule has 1 aliphatic rings. The van der Waals surface area contributed by atoms with Crippen LogP contribution in [0.1, 0.15) is 44.6 Å². The van der Waals surface area contributed by atoms with Crippen molar-refractivity contribution in [3.8, 4) is 0 Å². The molecule has 1 aromatic rings. The van der Waals surface area contributed by atoms with Gasteiger partial charge in [0, 0.05) is 11.5 Å².